The zero-order valence-electron chi connectivity index (χ0n) is 20.5. The lowest BCUT2D eigenvalue weighted by Gasteiger charge is -2.13. The van der Waals surface area contributed by atoms with Crippen LogP contribution in [0, 0.1) is 0 Å². The second kappa shape index (κ2) is 14.0. The van der Waals surface area contributed by atoms with Crippen molar-refractivity contribution in [2.75, 3.05) is 20.3 Å². The molecule has 3 aromatic carbocycles. The van der Waals surface area contributed by atoms with Crippen molar-refractivity contribution in [2.45, 2.75) is 32.7 Å². The van der Waals surface area contributed by atoms with E-state index in [1.54, 1.807) is 13.3 Å². The van der Waals surface area contributed by atoms with Crippen LogP contribution < -0.4 is 25.0 Å². The van der Waals surface area contributed by atoms with Crippen LogP contribution in [-0.2, 0) is 6.54 Å². The van der Waals surface area contributed by atoms with Crippen molar-refractivity contribution < 1.29 is 14.2 Å². The smallest absolute Gasteiger partial charge is 0.187 e. The highest BCUT2D eigenvalue weighted by atomic mass is 32.1. The highest BCUT2D eigenvalue weighted by Gasteiger charge is 2.06. The van der Waals surface area contributed by atoms with E-state index >= 15 is 0 Å². The van der Waals surface area contributed by atoms with Gasteiger partial charge < -0.3 is 19.5 Å². The van der Waals surface area contributed by atoms with E-state index in [-0.39, 0.29) is 0 Å². The minimum atomic E-state index is 0.403. The average Bonchev–Trinajstić information content (AvgIpc) is 2.90. The largest absolute Gasteiger partial charge is 0.493 e. The molecule has 0 spiro atoms. The van der Waals surface area contributed by atoms with Crippen LogP contribution in [0.4, 0.5) is 0 Å². The van der Waals surface area contributed by atoms with Crippen LogP contribution in [0.3, 0.4) is 0 Å². The van der Waals surface area contributed by atoms with Gasteiger partial charge in [-0.25, -0.2) is 0 Å². The molecule has 35 heavy (non-hydrogen) atoms. The monoisotopic (exact) mass is 491 g/mol. The van der Waals surface area contributed by atoms with Gasteiger partial charge in [-0.2, -0.15) is 5.10 Å². The maximum absolute atomic E-state index is 5.86. The van der Waals surface area contributed by atoms with Crippen molar-refractivity contribution in [1.82, 2.24) is 10.7 Å². The normalized spacial score (nSPS) is 11.6. The molecule has 3 rings (SSSR count). The number of hydrogen-bond donors (Lipinski definition) is 2. The standard InChI is InChI=1S/C28H33N3O3S/c1-4-21(2)24-11-13-25(14-12-24)33-16-17-34-26-15-10-23(18-27(26)32-3)20-30-31-28(35)29-19-22-8-6-5-7-9-22/h5-15,18,20-21H,4,16-17,19H2,1-3H3,(H2,29,31,35)/b30-20-/t21-/m0/s1. The molecule has 0 heterocycles. The molecule has 0 fully saturated rings. The van der Waals surface area contributed by atoms with Gasteiger partial charge in [0.1, 0.15) is 19.0 Å². The summed E-state index contributed by atoms with van der Waals surface area (Å²) >= 11 is 5.26. The molecular weight excluding hydrogens is 458 g/mol. The molecule has 0 saturated carbocycles. The van der Waals surface area contributed by atoms with Gasteiger partial charge >= 0.3 is 0 Å². The van der Waals surface area contributed by atoms with E-state index in [4.69, 9.17) is 26.4 Å². The highest BCUT2D eigenvalue weighted by Crippen LogP contribution is 2.27. The summed E-state index contributed by atoms with van der Waals surface area (Å²) in [5.41, 5.74) is 6.15. The zero-order chi connectivity index (χ0) is 24.9. The lowest BCUT2D eigenvalue weighted by molar-refractivity contribution is 0.211. The Hall–Kier alpha value is -3.58. The van der Waals surface area contributed by atoms with E-state index in [0.717, 1.165) is 23.3 Å². The first kappa shape index (κ1) is 26.0. The van der Waals surface area contributed by atoms with Crippen molar-refractivity contribution in [1.29, 1.82) is 0 Å². The van der Waals surface area contributed by atoms with E-state index in [2.05, 4.69) is 41.8 Å². The maximum Gasteiger partial charge on any atom is 0.187 e. The number of methoxy groups -OCH3 is 1. The van der Waals surface area contributed by atoms with Gasteiger partial charge in [-0.15, -0.1) is 0 Å². The van der Waals surface area contributed by atoms with E-state index in [1.807, 2.05) is 60.7 Å². The van der Waals surface area contributed by atoms with E-state index in [1.165, 1.54) is 5.56 Å². The topological polar surface area (TPSA) is 64.1 Å². The third-order valence-corrected chi connectivity index (χ3v) is 5.77. The quantitative estimate of drug-likeness (QED) is 0.147. The number of nitrogens with one attached hydrogen (secondary N) is 2. The SMILES string of the molecule is CC[C@H](C)c1ccc(OCCOc2ccc(/C=N\NC(=S)NCc3ccccc3)cc2OC)cc1. The Morgan fingerprint density at radius 3 is 2.43 bits per heavy atom. The van der Waals surface area contributed by atoms with Gasteiger partial charge in [-0.3, -0.25) is 5.43 Å². The fraction of sp³-hybridized carbons (Fsp3) is 0.286. The van der Waals surface area contributed by atoms with Crippen molar-refractivity contribution >= 4 is 23.5 Å². The summed E-state index contributed by atoms with van der Waals surface area (Å²) < 4.78 is 17.1. The fourth-order valence-corrected chi connectivity index (χ4v) is 3.43. The molecule has 0 unspecified atom stereocenters. The predicted octanol–water partition coefficient (Wildman–Crippen LogP) is 5.66. The molecule has 6 nitrogen and oxygen atoms in total. The Labute approximate surface area is 213 Å². The highest BCUT2D eigenvalue weighted by molar-refractivity contribution is 7.80. The molecule has 0 saturated heterocycles. The molecule has 1 atom stereocenters. The molecule has 0 amide bonds. The molecule has 3 aromatic rings. The summed E-state index contributed by atoms with van der Waals surface area (Å²) in [6.07, 6.45) is 2.80. The molecule has 184 valence electrons. The van der Waals surface area contributed by atoms with Crippen molar-refractivity contribution in [3.05, 3.63) is 89.5 Å². The molecule has 2 N–H and O–H groups in total. The minimum Gasteiger partial charge on any atom is -0.493 e. The third-order valence-electron chi connectivity index (χ3n) is 5.53. The second-order valence-corrected chi connectivity index (χ2v) is 8.43. The molecule has 0 bridgehead atoms. The van der Waals surface area contributed by atoms with Crippen LogP contribution in [0.1, 0.15) is 42.9 Å². The minimum absolute atomic E-state index is 0.403. The maximum atomic E-state index is 5.86. The number of hydrazone groups is 1. The van der Waals surface area contributed by atoms with Crippen molar-refractivity contribution in [2.24, 2.45) is 5.10 Å². The number of nitrogens with zero attached hydrogens (tertiary/aromatic N) is 1. The number of benzene rings is 3. The van der Waals surface area contributed by atoms with Crippen LogP contribution in [0.25, 0.3) is 0 Å². The number of hydrogen-bond acceptors (Lipinski definition) is 5. The molecule has 0 aliphatic rings. The Morgan fingerprint density at radius 1 is 0.971 bits per heavy atom. The summed E-state index contributed by atoms with van der Waals surface area (Å²) in [5.74, 6) is 2.66. The van der Waals surface area contributed by atoms with Crippen LogP contribution in [0.5, 0.6) is 17.2 Å². The predicted molar refractivity (Wildman–Crippen MR) is 146 cm³/mol. The molecule has 0 radical (unpaired) electrons. The average molecular weight is 492 g/mol. The molecule has 0 aliphatic heterocycles. The Morgan fingerprint density at radius 2 is 1.71 bits per heavy atom. The summed E-state index contributed by atoms with van der Waals surface area (Å²) in [7, 11) is 1.61. The molecule has 0 aliphatic carbocycles. The Kier molecular flexibility index (Phi) is 10.4. The van der Waals surface area contributed by atoms with Gasteiger partial charge in [0, 0.05) is 6.54 Å². The van der Waals surface area contributed by atoms with Gasteiger partial charge in [0.15, 0.2) is 16.6 Å². The number of thiocarbonyl (C=S) groups is 1. The Bertz CT molecular complexity index is 1090. The van der Waals surface area contributed by atoms with Crippen LogP contribution in [0.2, 0.25) is 0 Å². The second-order valence-electron chi connectivity index (χ2n) is 8.02. The number of rotatable bonds is 12. The van der Waals surface area contributed by atoms with Crippen LogP contribution in [-0.4, -0.2) is 31.7 Å². The number of ether oxygens (including phenoxy) is 3. The summed E-state index contributed by atoms with van der Waals surface area (Å²) in [6.45, 7) is 5.89. The zero-order valence-corrected chi connectivity index (χ0v) is 21.3. The summed E-state index contributed by atoms with van der Waals surface area (Å²) in [6, 6.07) is 23.9. The van der Waals surface area contributed by atoms with E-state index in [9.17, 15) is 0 Å². The fourth-order valence-electron chi connectivity index (χ4n) is 3.31. The third kappa shape index (κ3) is 8.61. The van der Waals surface area contributed by atoms with Gasteiger partial charge in [0.25, 0.3) is 0 Å². The van der Waals surface area contributed by atoms with Crippen molar-refractivity contribution in [3.8, 4) is 17.2 Å². The molecule has 0 aromatic heterocycles. The van der Waals surface area contributed by atoms with Gasteiger partial charge in [0.2, 0.25) is 0 Å². The lowest BCUT2D eigenvalue weighted by atomic mass is 9.99. The first-order chi connectivity index (χ1) is 17.1. The lowest BCUT2D eigenvalue weighted by Crippen LogP contribution is -2.31. The van der Waals surface area contributed by atoms with E-state index < -0.39 is 0 Å². The van der Waals surface area contributed by atoms with E-state index in [0.29, 0.717) is 42.3 Å². The van der Waals surface area contributed by atoms with Gasteiger partial charge in [-0.05, 0) is 71.6 Å². The van der Waals surface area contributed by atoms with Crippen LogP contribution >= 0.6 is 12.2 Å². The van der Waals surface area contributed by atoms with Crippen molar-refractivity contribution in [3.63, 3.8) is 0 Å². The molecular formula is C28H33N3O3S. The molecule has 7 heteroatoms. The van der Waals surface area contributed by atoms with Crippen LogP contribution in [0.15, 0.2) is 77.9 Å². The first-order valence-corrected chi connectivity index (χ1v) is 12.1. The summed E-state index contributed by atoms with van der Waals surface area (Å²) in [4.78, 5) is 0. The van der Waals surface area contributed by atoms with Gasteiger partial charge in [-0.1, -0.05) is 56.3 Å². The van der Waals surface area contributed by atoms with Gasteiger partial charge in [0.05, 0.1) is 13.3 Å². The first-order valence-electron chi connectivity index (χ1n) is 11.7. The summed E-state index contributed by atoms with van der Waals surface area (Å²) in [5, 5.41) is 7.76. The Balaban J connectivity index is 1.43.